The van der Waals surface area contributed by atoms with Crippen LogP contribution in [0.5, 0.6) is 0 Å². The molecule has 2 aliphatic rings. The molecule has 2 fully saturated rings. The van der Waals surface area contributed by atoms with E-state index in [0.29, 0.717) is 25.7 Å². The van der Waals surface area contributed by atoms with Crippen LogP contribution in [-0.4, -0.2) is 29.8 Å². The van der Waals surface area contributed by atoms with Crippen LogP contribution in [0.3, 0.4) is 0 Å². The van der Waals surface area contributed by atoms with Gasteiger partial charge in [-0.1, -0.05) is 0 Å². The van der Waals surface area contributed by atoms with E-state index in [9.17, 15) is 18.4 Å². The Kier molecular flexibility index (Phi) is 3.31. The van der Waals surface area contributed by atoms with Gasteiger partial charge < -0.3 is 10.6 Å². The fourth-order valence-corrected chi connectivity index (χ4v) is 2.30. The summed E-state index contributed by atoms with van der Waals surface area (Å²) in [4.78, 5) is 22.7. The van der Waals surface area contributed by atoms with Crippen molar-refractivity contribution in [2.24, 2.45) is 0 Å². The van der Waals surface area contributed by atoms with Crippen LogP contribution in [0.2, 0.25) is 0 Å². The molecule has 2 amide bonds. The topological polar surface area (TPSA) is 58.2 Å². The Morgan fingerprint density at radius 1 is 1.29 bits per heavy atom. The molecule has 1 aliphatic heterocycles. The van der Waals surface area contributed by atoms with Gasteiger partial charge in [0.2, 0.25) is 17.7 Å². The molecule has 0 unspecified atom stereocenters. The molecule has 0 spiro atoms. The van der Waals surface area contributed by atoms with Crippen molar-refractivity contribution in [3.05, 3.63) is 0 Å². The monoisotopic (exact) mass is 246 g/mol. The largest absolute Gasteiger partial charge is 0.352 e. The molecule has 17 heavy (non-hydrogen) atoms. The third-order valence-electron chi connectivity index (χ3n) is 3.38. The molecule has 1 saturated heterocycles. The van der Waals surface area contributed by atoms with E-state index < -0.39 is 12.0 Å². The highest BCUT2D eigenvalue weighted by Crippen LogP contribution is 2.33. The molecule has 0 radical (unpaired) electrons. The van der Waals surface area contributed by atoms with Crippen molar-refractivity contribution in [1.82, 2.24) is 10.6 Å². The second-order valence-electron chi connectivity index (χ2n) is 4.80. The molecule has 1 atom stereocenters. The summed E-state index contributed by atoms with van der Waals surface area (Å²) in [6, 6.07) is -0.662. The lowest BCUT2D eigenvalue weighted by Gasteiger charge is -2.29. The van der Waals surface area contributed by atoms with Gasteiger partial charge in [-0.15, -0.1) is 0 Å². The fourth-order valence-electron chi connectivity index (χ4n) is 2.30. The Labute approximate surface area is 98.1 Å². The minimum absolute atomic E-state index is 0.125. The highest BCUT2D eigenvalue weighted by Gasteiger charge is 2.36. The van der Waals surface area contributed by atoms with E-state index in [1.54, 1.807) is 0 Å². The predicted octanol–water partition coefficient (Wildman–Crippen LogP) is 0.959. The molecule has 0 aromatic rings. The SMILES string of the molecule is O=C1CC[C@H](C(=O)NC2CCC(F)(F)CC2)N1. The average Bonchev–Trinajstić information content (AvgIpc) is 2.68. The Hall–Kier alpha value is -1.20. The lowest BCUT2D eigenvalue weighted by Crippen LogP contribution is -2.47. The molecule has 0 aromatic carbocycles. The maximum Gasteiger partial charge on any atom is 0.248 e. The minimum atomic E-state index is -2.58. The molecule has 1 heterocycles. The van der Waals surface area contributed by atoms with Gasteiger partial charge in [-0.2, -0.15) is 0 Å². The second kappa shape index (κ2) is 4.58. The fraction of sp³-hybridized carbons (Fsp3) is 0.818. The van der Waals surface area contributed by atoms with Crippen LogP contribution in [0.4, 0.5) is 8.78 Å². The van der Waals surface area contributed by atoms with Gasteiger partial charge in [0.25, 0.3) is 0 Å². The maximum atomic E-state index is 12.9. The van der Waals surface area contributed by atoms with E-state index >= 15 is 0 Å². The van der Waals surface area contributed by atoms with Gasteiger partial charge in [-0.25, -0.2) is 8.78 Å². The Morgan fingerprint density at radius 2 is 1.94 bits per heavy atom. The van der Waals surface area contributed by atoms with Gasteiger partial charge in [-0.3, -0.25) is 9.59 Å². The minimum Gasteiger partial charge on any atom is -0.352 e. The first-order valence-corrected chi connectivity index (χ1v) is 5.94. The van der Waals surface area contributed by atoms with E-state index in [1.165, 1.54) is 0 Å². The number of amides is 2. The van der Waals surface area contributed by atoms with Gasteiger partial charge in [0.05, 0.1) is 0 Å². The van der Waals surface area contributed by atoms with Crippen LogP contribution < -0.4 is 10.6 Å². The zero-order valence-corrected chi connectivity index (χ0v) is 9.47. The molecule has 2 N–H and O–H groups in total. The van der Waals surface area contributed by atoms with Crippen molar-refractivity contribution in [3.63, 3.8) is 0 Å². The summed E-state index contributed by atoms with van der Waals surface area (Å²) in [6.07, 6.45) is 1.12. The van der Waals surface area contributed by atoms with Gasteiger partial charge in [-0.05, 0) is 19.3 Å². The van der Waals surface area contributed by atoms with Crippen molar-refractivity contribution < 1.29 is 18.4 Å². The number of alkyl halides is 2. The summed E-state index contributed by atoms with van der Waals surface area (Å²) >= 11 is 0. The third kappa shape index (κ3) is 3.14. The number of carbonyl (C=O) groups is 2. The first-order valence-electron chi connectivity index (χ1n) is 5.94. The van der Waals surface area contributed by atoms with Crippen LogP contribution in [0.15, 0.2) is 0 Å². The lowest BCUT2D eigenvalue weighted by molar-refractivity contribution is -0.127. The van der Waals surface area contributed by atoms with Crippen molar-refractivity contribution in [1.29, 1.82) is 0 Å². The first kappa shape index (κ1) is 12.3. The summed E-state index contributed by atoms with van der Waals surface area (Å²) in [7, 11) is 0. The molecule has 4 nitrogen and oxygen atoms in total. The van der Waals surface area contributed by atoms with Crippen molar-refractivity contribution >= 4 is 11.8 Å². The molecular weight excluding hydrogens is 230 g/mol. The number of carbonyl (C=O) groups excluding carboxylic acids is 2. The zero-order chi connectivity index (χ0) is 12.5. The number of hydrogen-bond acceptors (Lipinski definition) is 2. The first-order chi connectivity index (χ1) is 7.96. The Morgan fingerprint density at radius 3 is 2.47 bits per heavy atom. The quantitative estimate of drug-likeness (QED) is 0.762. The summed E-state index contributed by atoms with van der Waals surface area (Å²) in [5, 5.41) is 5.29. The van der Waals surface area contributed by atoms with Crippen LogP contribution >= 0.6 is 0 Å². The summed E-state index contributed by atoms with van der Waals surface area (Å²) < 4.78 is 25.8. The van der Waals surface area contributed by atoms with Gasteiger partial charge in [0, 0.05) is 25.3 Å². The standard InChI is InChI=1S/C11H16F2N2O2/c12-11(13)5-3-7(4-6-11)14-10(17)8-1-2-9(16)15-8/h7-8H,1-6H2,(H,14,17)(H,15,16)/t8-/m1/s1. The molecule has 1 saturated carbocycles. The van der Waals surface area contributed by atoms with E-state index in [0.717, 1.165) is 0 Å². The highest BCUT2D eigenvalue weighted by molar-refractivity contribution is 5.90. The smallest absolute Gasteiger partial charge is 0.248 e. The molecule has 0 aromatic heterocycles. The molecule has 0 bridgehead atoms. The number of halogens is 2. The van der Waals surface area contributed by atoms with E-state index in [4.69, 9.17) is 0 Å². The zero-order valence-electron chi connectivity index (χ0n) is 9.47. The van der Waals surface area contributed by atoms with Crippen molar-refractivity contribution in [2.45, 2.75) is 56.5 Å². The number of rotatable bonds is 2. The van der Waals surface area contributed by atoms with E-state index in [1.807, 2.05) is 0 Å². The molecule has 6 heteroatoms. The van der Waals surface area contributed by atoms with E-state index in [2.05, 4.69) is 10.6 Å². The molecule has 2 rings (SSSR count). The second-order valence-corrected chi connectivity index (χ2v) is 4.80. The van der Waals surface area contributed by atoms with Crippen LogP contribution in [0.1, 0.15) is 38.5 Å². The summed E-state index contributed by atoms with van der Waals surface area (Å²) in [5.74, 6) is -2.95. The maximum absolute atomic E-state index is 12.9. The predicted molar refractivity (Wildman–Crippen MR) is 56.5 cm³/mol. The van der Waals surface area contributed by atoms with Gasteiger partial charge in [0.1, 0.15) is 6.04 Å². The van der Waals surface area contributed by atoms with Crippen molar-refractivity contribution in [2.75, 3.05) is 0 Å². The number of nitrogens with one attached hydrogen (secondary N) is 2. The Balaban J connectivity index is 1.78. The molecular formula is C11H16F2N2O2. The third-order valence-corrected chi connectivity index (χ3v) is 3.38. The highest BCUT2D eigenvalue weighted by atomic mass is 19.3. The summed E-state index contributed by atoms with van der Waals surface area (Å²) in [6.45, 7) is 0. The normalized spacial score (nSPS) is 28.8. The average molecular weight is 246 g/mol. The van der Waals surface area contributed by atoms with Gasteiger partial charge >= 0.3 is 0 Å². The lowest BCUT2D eigenvalue weighted by atomic mass is 9.92. The Bertz CT molecular complexity index is 323. The van der Waals surface area contributed by atoms with E-state index in [-0.39, 0.29) is 30.7 Å². The summed E-state index contributed by atoms with van der Waals surface area (Å²) in [5.41, 5.74) is 0. The van der Waals surface area contributed by atoms with Gasteiger partial charge in [0.15, 0.2) is 0 Å². The van der Waals surface area contributed by atoms with Crippen LogP contribution in [0, 0.1) is 0 Å². The van der Waals surface area contributed by atoms with Crippen LogP contribution in [-0.2, 0) is 9.59 Å². The van der Waals surface area contributed by atoms with Crippen LogP contribution in [0.25, 0.3) is 0 Å². The van der Waals surface area contributed by atoms with Crippen molar-refractivity contribution in [3.8, 4) is 0 Å². The molecule has 96 valence electrons. The molecule has 1 aliphatic carbocycles. The number of hydrogen-bond donors (Lipinski definition) is 2.